The van der Waals surface area contributed by atoms with Crippen LogP contribution < -0.4 is 14.8 Å². The van der Waals surface area contributed by atoms with Crippen LogP contribution in [0, 0.1) is 5.92 Å². The lowest BCUT2D eigenvalue weighted by molar-refractivity contribution is -0.139. The van der Waals surface area contributed by atoms with Crippen molar-refractivity contribution in [1.82, 2.24) is 5.32 Å². The van der Waals surface area contributed by atoms with E-state index in [4.69, 9.17) is 9.47 Å². The van der Waals surface area contributed by atoms with Crippen LogP contribution in [-0.2, 0) is 17.8 Å². The van der Waals surface area contributed by atoms with E-state index in [0.29, 0.717) is 43.6 Å². The van der Waals surface area contributed by atoms with E-state index < -0.39 is 12.0 Å². The lowest BCUT2D eigenvalue weighted by Crippen LogP contribution is -2.38. The van der Waals surface area contributed by atoms with E-state index in [2.05, 4.69) is 19.2 Å². The highest BCUT2D eigenvalue weighted by Crippen LogP contribution is 2.29. The predicted octanol–water partition coefficient (Wildman–Crippen LogP) is 3.91. The molecule has 0 heterocycles. The zero-order valence-electron chi connectivity index (χ0n) is 16.3. The summed E-state index contributed by atoms with van der Waals surface area (Å²) in [5, 5.41) is 12.6. The van der Waals surface area contributed by atoms with Gasteiger partial charge in [-0.2, -0.15) is 0 Å². The van der Waals surface area contributed by atoms with Crippen molar-refractivity contribution >= 4 is 5.97 Å². The average molecular weight is 371 g/mol. The summed E-state index contributed by atoms with van der Waals surface area (Å²) >= 11 is 0. The maximum absolute atomic E-state index is 11.6. The lowest BCUT2D eigenvalue weighted by atomic mass is 10.1. The Hall–Kier alpha value is -2.53. The highest BCUT2D eigenvalue weighted by molar-refractivity contribution is 5.73. The van der Waals surface area contributed by atoms with Gasteiger partial charge in [0.1, 0.15) is 6.04 Å². The molecule has 1 unspecified atom stereocenters. The SMILES string of the molecule is CCOc1cc(CNC(Cc2ccccc2)C(=O)O)ccc1OCC(C)C. The predicted molar refractivity (Wildman–Crippen MR) is 106 cm³/mol. The van der Waals surface area contributed by atoms with E-state index in [9.17, 15) is 9.90 Å². The second kappa shape index (κ2) is 10.6. The van der Waals surface area contributed by atoms with Gasteiger partial charge in [-0.25, -0.2) is 0 Å². The largest absolute Gasteiger partial charge is 0.490 e. The minimum atomic E-state index is -0.860. The molecular formula is C22H29NO4. The Morgan fingerprint density at radius 1 is 1.04 bits per heavy atom. The Balaban J connectivity index is 2.03. The molecule has 0 bridgehead atoms. The third-order valence-electron chi connectivity index (χ3n) is 4.01. The second-order valence-electron chi connectivity index (χ2n) is 6.88. The molecule has 0 radical (unpaired) electrons. The molecule has 2 N–H and O–H groups in total. The van der Waals surface area contributed by atoms with Gasteiger partial charge >= 0.3 is 5.97 Å². The number of hydrogen-bond acceptors (Lipinski definition) is 4. The van der Waals surface area contributed by atoms with Gasteiger partial charge < -0.3 is 19.9 Å². The van der Waals surface area contributed by atoms with Gasteiger partial charge in [0.2, 0.25) is 0 Å². The van der Waals surface area contributed by atoms with Gasteiger partial charge in [0.25, 0.3) is 0 Å². The third-order valence-corrected chi connectivity index (χ3v) is 4.01. The number of carbonyl (C=O) groups is 1. The van der Waals surface area contributed by atoms with Crippen LogP contribution in [0.15, 0.2) is 48.5 Å². The minimum Gasteiger partial charge on any atom is -0.490 e. The highest BCUT2D eigenvalue weighted by atomic mass is 16.5. The standard InChI is InChI=1S/C22H29NO4/c1-4-26-21-13-18(10-11-20(21)27-15-16(2)3)14-23-19(22(24)25)12-17-8-6-5-7-9-17/h5-11,13,16,19,23H,4,12,14-15H2,1-3H3,(H,24,25). The Morgan fingerprint density at radius 2 is 1.78 bits per heavy atom. The molecule has 0 aliphatic heterocycles. The molecule has 5 heteroatoms. The molecule has 146 valence electrons. The first-order valence-electron chi connectivity index (χ1n) is 9.38. The number of rotatable bonds is 11. The quantitative estimate of drug-likeness (QED) is 0.627. The first-order valence-corrected chi connectivity index (χ1v) is 9.38. The van der Waals surface area contributed by atoms with Crippen LogP contribution in [0.4, 0.5) is 0 Å². The Labute approximate surface area is 161 Å². The van der Waals surface area contributed by atoms with Gasteiger partial charge in [0, 0.05) is 6.54 Å². The topological polar surface area (TPSA) is 67.8 Å². The fourth-order valence-electron chi connectivity index (χ4n) is 2.64. The smallest absolute Gasteiger partial charge is 0.321 e. The van der Waals surface area contributed by atoms with Crippen LogP contribution in [0.3, 0.4) is 0 Å². The van der Waals surface area contributed by atoms with Crippen molar-refractivity contribution in [1.29, 1.82) is 0 Å². The van der Waals surface area contributed by atoms with Crippen LogP contribution in [-0.4, -0.2) is 30.3 Å². The number of carboxylic acid groups (broad SMARTS) is 1. The molecule has 0 fully saturated rings. The summed E-state index contributed by atoms with van der Waals surface area (Å²) in [6.45, 7) is 7.72. The van der Waals surface area contributed by atoms with Crippen molar-refractivity contribution in [3.63, 3.8) is 0 Å². The Bertz CT molecular complexity index is 716. The number of hydrogen-bond donors (Lipinski definition) is 2. The van der Waals surface area contributed by atoms with E-state index in [-0.39, 0.29) is 0 Å². The molecule has 0 saturated carbocycles. The molecule has 0 spiro atoms. The van der Waals surface area contributed by atoms with Crippen LogP contribution in [0.25, 0.3) is 0 Å². The van der Waals surface area contributed by atoms with E-state index >= 15 is 0 Å². The van der Waals surface area contributed by atoms with E-state index in [1.807, 2.05) is 55.5 Å². The van der Waals surface area contributed by atoms with Crippen molar-refractivity contribution in [2.24, 2.45) is 5.92 Å². The summed E-state index contributed by atoms with van der Waals surface area (Å²) in [5.74, 6) is 0.969. The Kier molecular flexibility index (Phi) is 8.14. The lowest BCUT2D eigenvalue weighted by Gasteiger charge is -2.17. The van der Waals surface area contributed by atoms with E-state index in [0.717, 1.165) is 11.1 Å². The van der Waals surface area contributed by atoms with Gasteiger partial charge in [-0.1, -0.05) is 50.2 Å². The number of nitrogens with one attached hydrogen (secondary N) is 1. The van der Waals surface area contributed by atoms with Crippen molar-refractivity contribution < 1.29 is 19.4 Å². The third kappa shape index (κ3) is 6.94. The molecule has 0 aliphatic rings. The first kappa shape index (κ1) is 20.8. The van der Waals surface area contributed by atoms with Crippen molar-refractivity contribution in [2.45, 2.75) is 39.8 Å². The van der Waals surface area contributed by atoms with Crippen LogP contribution in [0.2, 0.25) is 0 Å². The molecule has 0 saturated heterocycles. The normalized spacial score (nSPS) is 12.0. The molecule has 1 atom stereocenters. The molecular weight excluding hydrogens is 342 g/mol. The molecule has 2 aromatic rings. The summed E-state index contributed by atoms with van der Waals surface area (Å²) in [5.41, 5.74) is 1.94. The van der Waals surface area contributed by atoms with Crippen molar-refractivity contribution in [2.75, 3.05) is 13.2 Å². The van der Waals surface area contributed by atoms with E-state index in [1.54, 1.807) is 0 Å². The minimum absolute atomic E-state index is 0.426. The zero-order chi connectivity index (χ0) is 19.6. The maximum Gasteiger partial charge on any atom is 0.321 e. The zero-order valence-corrected chi connectivity index (χ0v) is 16.3. The summed E-state index contributed by atoms with van der Waals surface area (Å²) in [6.07, 6.45) is 0.435. The fraction of sp³-hybridized carbons (Fsp3) is 0.409. The van der Waals surface area contributed by atoms with Crippen molar-refractivity contribution in [3.05, 3.63) is 59.7 Å². The maximum atomic E-state index is 11.6. The fourth-order valence-corrected chi connectivity index (χ4v) is 2.64. The number of ether oxygens (including phenoxy) is 2. The average Bonchev–Trinajstić information content (AvgIpc) is 2.65. The molecule has 0 aromatic heterocycles. The van der Waals surface area contributed by atoms with Crippen LogP contribution in [0.5, 0.6) is 11.5 Å². The molecule has 27 heavy (non-hydrogen) atoms. The number of benzene rings is 2. The molecule has 2 aromatic carbocycles. The molecule has 2 rings (SSSR count). The van der Waals surface area contributed by atoms with Gasteiger partial charge in [-0.05, 0) is 42.5 Å². The highest BCUT2D eigenvalue weighted by Gasteiger charge is 2.17. The summed E-state index contributed by atoms with van der Waals surface area (Å²) in [7, 11) is 0. The summed E-state index contributed by atoms with van der Waals surface area (Å²) in [6, 6.07) is 14.7. The van der Waals surface area contributed by atoms with Gasteiger partial charge in [0.15, 0.2) is 11.5 Å². The second-order valence-corrected chi connectivity index (χ2v) is 6.88. The number of carboxylic acids is 1. The first-order chi connectivity index (χ1) is 13.0. The van der Waals surface area contributed by atoms with Gasteiger partial charge in [-0.3, -0.25) is 4.79 Å². The molecule has 5 nitrogen and oxygen atoms in total. The van der Waals surface area contributed by atoms with Crippen molar-refractivity contribution in [3.8, 4) is 11.5 Å². The van der Waals surface area contributed by atoms with Gasteiger partial charge in [0.05, 0.1) is 13.2 Å². The van der Waals surface area contributed by atoms with Gasteiger partial charge in [-0.15, -0.1) is 0 Å². The summed E-state index contributed by atoms with van der Waals surface area (Å²) < 4.78 is 11.5. The Morgan fingerprint density at radius 3 is 2.41 bits per heavy atom. The number of aliphatic carboxylic acids is 1. The van der Waals surface area contributed by atoms with E-state index in [1.165, 1.54) is 0 Å². The monoisotopic (exact) mass is 371 g/mol. The van der Waals surface area contributed by atoms with Crippen LogP contribution >= 0.6 is 0 Å². The summed E-state index contributed by atoms with van der Waals surface area (Å²) in [4.78, 5) is 11.6. The van der Waals surface area contributed by atoms with Crippen LogP contribution in [0.1, 0.15) is 31.9 Å². The molecule has 0 aliphatic carbocycles. The molecule has 0 amide bonds.